The molecule has 486 valence electrons. The van der Waals surface area contributed by atoms with Gasteiger partial charge in [-0.1, -0.05) is 68.2 Å². The Kier molecular flexibility index (Phi) is 62.4. The number of nitrogens with one attached hydrogen (secondary N) is 6. The molecule has 4 rings (SSSR count). The lowest BCUT2D eigenvalue weighted by atomic mass is 10.1. The molecule has 3 unspecified atom stereocenters. The lowest BCUT2D eigenvalue weighted by Crippen LogP contribution is -2.32. The number of ether oxygens (including phenoxy) is 3. The predicted octanol–water partition coefficient (Wildman–Crippen LogP) is 4.48. The molecule has 23 nitrogen and oxygen atoms in total. The van der Waals surface area contributed by atoms with Crippen molar-refractivity contribution in [3.63, 3.8) is 0 Å². The van der Waals surface area contributed by atoms with Crippen LogP contribution in [0.5, 0.6) is 0 Å². The number of likely N-dealkylation sites (tertiary alicyclic amines) is 1. The van der Waals surface area contributed by atoms with Crippen LogP contribution in [-0.4, -0.2) is 205 Å². The van der Waals surface area contributed by atoms with Crippen molar-refractivity contribution in [2.75, 3.05) is 101 Å². The summed E-state index contributed by atoms with van der Waals surface area (Å²) in [4.78, 5) is 43.7. The van der Waals surface area contributed by atoms with Crippen molar-refractivity contribution in [3.8, 4) is 0 Å². The van der Waals surface area contributed by atoms with E-state index in [0.29, 0.717) is 49.6 Å². The molecule has 0 aromatic carbocycles. The van der Waals surface area contributed by atoms with Gasteiger partial charge in [0.05, 0.1) is 48.3 Å². The van der Waals surface area contributed by atoms with Crippen LogP contribution in [0.1, 0.15) is 180 Å². The van der Waals surface area contributed by atoms with Crippen molar-refractivity contribution < 1.29 is 74.0 Å². The Morgan fingerprint density at radius 3 is 1.46 bits per heavy atom. The van der Waals surface area contributed by atoms with Gasteiger partial charge in [0.25, 0.3) is 0 Å². The quantitative estimate of drug-likeness (QED) is 0.0811. The molecule has 3 atom stereocenters. The summed E-state index contributed by atoms with van der Waals surface area (Å²) in [5.41, 5.74) is -0.561. The van der Waals surface area contributed by atoms with E-state index in [2.05, 4.69) is 62.5 Å². The van der Waals surface area contributed by atoms with E-state index in [0.717, 1.165) is 76.3 Å². The number of hydrogen-bond donors (Lipinski definition) is 9. The number of aliphatic hydroxyl groups excluding tert-OH is 2. The first kappa shape index (κ1) is 91.4. The lowest BCUT2D eigenvalue weighted by Gasteiger charge is -2.16. The molecule has 9 N–H and O–H groups in total. The molecule has 2 aliphatic carbocycles. The molecule has 80 heavy (non-hydrogen) atoms. The van der Waals surface area contributed by atoms with E-state index in [-0.39, 0.29) is 41.7 Å². The number of carbonyl (C=O) groups excluding carboxylic acids is 4. The maximum atomic E-state index is 11.1. The Morgan fingerprint density at radius 1 is 0.800 bits per heavy atom. The molecule has 0 aromatic rings. The van der Waals surface area contributed by atoms with Crippen LogP contribution in [-0.2, 0) is 63.5 Å². The molecule has 4 fully saturated rings. The van der Waals surface area contributed by atoms with E-state index in [1.807, 2.05) is 60.5 Å². The Balaban J connectivity index is -0.000000148. The monoisotopic (exact) mass is 1220 g/mol. The van der Waals surface area contributed by atoms with Crippen LogP contribution in [0.25, 0.3) is 0 Å². The number of nitrogens with zero attached hydrogens (tertiary/aromatic N) is 1. The fourth-order valence-electron chi connectivity index (χ4n) is 5.21. The summed E-state index contributed by atoms with van der Waals surface area (Å²) in [7, 11) is 2.42. The van der Waals surface area contributed by atoms with Gasteiger partial charge < -0.3 is 50.4 Å². The fraction of sp³-hybridized carbons (Fsp3) is 0.926. The van der Waals surface area contributed by atoms with Crippen LogP contribution >= 0.6 is 0 Å². The highest BCUT2D eigenvalue weighted by Crippen LogP contribution is 2.32. The number of amides is 2. The number of aliphatic hydroxyl groups is 3. The van der Waals surface area contributed by atoms with Crippen LogP contribution in [0.15, 0.2) is 0 Å². The molecule has 0 aromatic heterocycles. The van der Waals surface area contributed by atoms with E-state index in [4.69, 9.17) is 24.8 Å². The second-order valence-corrected chi connectivity index (χ2v) is 26.8. The first-order valence-electron chi connectivity index (χ1n) is 28.1. The topological polar surface area (TPSA) is 334 Å². The van der Waals surface area contributed by atoms with E-state index < -0.39 is 41.8 Å². The first-order valence-corrected chi connectivity index (χ1v) is 33.2. The smallest absolute Gasteiger partial charge is 0.222 e. The minimum absolute atomic E-state index is 0.00463. The minimum atomic E-state index is -2.91. The van der Waals surface area contributed by atoms with Gasteiger partial charge in [0, 0.05) is 72.4 Å². The number of ketones is 2. The molecule has 4 aliphatic rings. The number of hydrogen-bond acceptors (Lipinski definition) is 18. The summed E-state index contributed by atoms with van der Waals surface area (Å²) in [6.45, 7) is 30.3. The van der Waals surface area contributed by atoms with Crippen LogP contribution in [0, 0.1) is 11.8 Å². The summed E-state index contributed by atoms with van der Waals surface area (Å²) < 4.78 is 83.6. The zero-order valence-electron chi connectivity index (χ0n) is 53.9. The van der Waals surface area contributed by atoms with Gasteiger partial charge in [0.1, 0.15) is 12.4 Å². The maximum Gasteiger partial charge on any atom is 0.222 e. The van der Waals surface area contributed by atoms with Crippen molar-refractivity contribution in [2.45, 2.75) is 215 Å². The third kappa shape index (κ3) is 75.7. The molecule has 26 heteroatoms. The van der Waals surface area contributed by atoms with Gasteiger partial charge in [0.2, 0.25) is 41.9 Å². The lowest BCUT2D eigenvalue weighted by molar-refractivity contribution is -0.139. The fourth-order valence-corrected chi connectivity index (χ4v) is 6.59. The maximum absolute atomic E-state index is 11.1. The number of Topliss-reactive ketones (excluding diaryl/α,β-unsaturated/α-hetero) is 2. The minimum Gasteiger partial charge on any atom is -0.394 e. The largest absolute Gasteiger partial charge is 0.394 e. The van der Waals surface area contributed by atoms with Crippen molar-refractivity contribution >= 4 is 53.5 Å². The van der Waals surface area contributed by atoms with Crippen molar-refractivity contribution in [2.24, 2.45) is 11.8 Å². The highest BCUT2D eigenvalue weighted by atomic mass is 32.2. The molecule has 2 saturated carbocycles. The van der Waals surface area contributed by atoms with E-state index in [1.54, 1.807) is 27.8 Å². The van der Waals surface area contributed by atoms with Crippen molar-refractivity contribution in [1.82, 2.24) is 35.0 Å². The third-order valence-electron chi connectivity index (χ3n) is 10.7. The van der Waals surface area contributed by atoms with Crippen LogP contribution in [0.2, 0.25) is 0 Å². The SMILES string of the molecule is CCC(=O)CC1CC1.CCC(=O)COC.CCC(=O)N1CCC(C)C1.CCCC(O)CO.CCCC1COC(C)(C)O1.CCS(=O)(=O)NC.CNC(C)=O.CNC(C)C.CNCC(C)(C)O.CNS(=O)(=O)C1CC1.CNS(C)(=O)=O. The van der Waals surface area contributed by atoms with Crippen LogP contribution < -0.4 is 30.1 Å². The van der Waals surface area contributed by atoms with Gasteiger partial charge in [-0.2, -0.15) is 0 Å². The Labute approximate surface area is 488 Å². The number of likely N-dealkylation sites (N-methyl/N-ethyl adjacent to an activating group) is 1. The molecule has 2 heterocycles. The highest BCUT2D eigenvalue weighted by Gasteiger charge is 2.34. The Hall–Kier alpha value is -2.31. The van der Waals surface area contributed by atoms with E-state index in [1.165, 1.54) is 60.9 Å². The Morgan fingerprint density at radius 2 is 1.29 bits per heavy atom. The molecule has 0 bridgehead atoms. The highest BCUT2D eigenvalue weighted by molar-refractivity contribution is 7.90. The third-order valence-corrected chi connectivity index (χ3v) is 14.8. The summed E-state index contributed by atoms with van der Waals surface area (Å²) in [5, 5.41) is 34.0. The summed E-state index contributed by atoms with van der Waals surface area (Å²) in [5.74, 6) is 2.23. The molecular formula is C54H121N7O16S3. The number of methoxy groups -OCH3 is 1. The van der Waals surface area contributed by atoms with Crippen LogP contribution in [0.4, 0.5) is 0 Å². The molecule has 0 spiro atoms. The predicted molar refractivity (Wildman–Crippen MR) is 326 cm³/mol. The molecular weight excluding hydrogens is 1100 g/mol. The summed E-state index contributed by atoms with van der Waals surface area (Å²) >= 11 is 0. The van der Waals surface area contributed by atoms with Gasteiger partial charge >= 0.3 is 0 Å². The zero-order chi connectivity index (χ0) is 64.4. The van der Waals surface area contributed by atoms with E-state index in [9.17, 15) is 44.4 Å². The summed E-state index contributed by atoms with van der Waals surface area (Å²) in [6.07, 6.45) is 13.1. The van der Waals surface area contributed by atoms with Crippen LogP contribution in [0.3, 0.4) is 0 Å². The molecule has 2 aliphatic heterocycles. The van der Waals surface area contributed by atoms with Gasteiger partial charge in [-0.05, 0) is 127 Å². The normalized spacial score (nSPS) is 17.0. The first-order chi connectivity index (χ1) is 36.8. The van der Waals surface area contributed by atoms with Crippen molar-refractivity contribution in [1.29, 1.82) is 0 Å². The van der Waals surface area contributed by atoms with E-state index >= 15 is 0 Å². The second kappa shape index (κ2) is 54.6. The molecule has 0 radical (unpaired) electrons. The average molecular weight is 1220 g/mol. The zero-order valence-corrected chi connectivity index (χ0v) is 56.4. The van der Waals surface area contributed by atoms with Gasteiger partial charge in [-0.15, -0.1) is 0 Å². The van der Waals surface area contributed by atoms with Gasteiger partial charge in [0.15, 0.2) is 11.6 Å². The summed E-state index contributed by atoms with van der Waals surface area (Å²) in [6, 6.07) is 0.634. The number of sulfonamides is 3. The van der Waals surface area contributed by atoms with Crippen molar-refractivity contribution in [3.05, 3.63) is 0 Å². The van der Waals surface area contributed by atoms with Gasteiger partial charge in [-0.3, -0.25) is 19.2 Å². The number of carbonyl (C=O) groups is 4. The molecule has 2 saturated heterocycles. The Bertz CT molecular complexity index is 1820. The average Bonchev–Trinajstić information content (AvgIpc) is 4.34. The number of rotatable bonds is 20. The standard InChI is InChI=1S/C8H15NO.C8H16O2.C7H12O.C5H13NO.C5H10O2.C5H12O2.C4H9NO2S.C4H11N.C3H9NO2S.C3H7NO.C2H7NO2S/c1-3-8(10)9-5-4-7(2)6-9;1-4-5-7-6-9-8(2,3)10-7;1-2-7(8)5-6-3-4-6;1-5(2,7)4-6-3;1-3-5(6)4-7-2;1-2-3-5(7)4-6;1-5-8(6,7)4-2-3-4;1-4(2)5-3;1-3-7(5,6)4-2;1-3(5)4-2;1-3-6(2,4)5/h7H,3-6H2,1-2H3;7H,4-6H2,1-3H3;6H,2-5H2,1H3;6-7H,4H2,1-3H3;3-4H2,1-2H3;5-7H,2-4H2,1H3;4-5H,2-3H2,1H3;4-5H,1-3H3;4H,3H2,1-2H3;1-2H3,(H,4,5);3H,1-2H3. The van der Waals surface area contributed by atoms with Gasteiger partial charge in [-0.25, -0.2) is 39.4 Å². The second-order valence-electron chi connectivity index (χ2n) is 20.4. The molecule has 2 amide bonds.